The number of amides is 1. The number of halogens is 3. The van der Waals surface area contributed by atoms with Crippen molar-refractivity contribution in [1.29, 1.82) is 0 Å². The Labute approximate surface area is 158 Å². The smallest absolute Gasteiger partial charge is 0.264 e. The number of aryl methyl sites for hydroxylation is 1. The van der Waals surface area contributed by atoms with E-state index in [0.717, 1.165) is 42.0 Å². The zero-order valence-corrected chi connectivity index (χ0v) is 15.7. The highest BCUT2D eigenvalue weighted by molar-refractivity contribution is 7.92. The minimum absolute atomic E-state index is 0.390. The number of sulfone groups is 1. The van der Waals surface area contributed by atoms with Crippen molar-refractivity contribution in [2.75, 3.05) is 6.26 Å². The largest absolute Gasteiger partial charge is 0.312 e. The molecule has 1 amide bonds. The summed E-state index contributed by atoms with van der Waals surface area (Å²) >= 11 is 0. The molecule has 1 aromatic carbocycles. The summed E-state index contributed by atoms with van der Waals surface area (Å²) in [5.41, 5.74) is -0.463. The number of benzene rings is 1. The second-order valence-electron chi connectivity index (χ2n) is 6.36. The maximum Gasteiger partial charge on any atom is 0.264 e. The van der Waals surface area contributed by atoms with E-state index in [-0.39, 0.29) is 0 Å². The van der Waals surface area contributed by atoms with Crippen molar-refractivity contribution in [3.8, 4) is 11.1 Å². The fraction of sp³-hybridized carbons (Fsp3) is 0.294. The average Bonchev–Trinajstić information content (AvgIpc) is 2.62. The van der Waals surface area contributed by atoms with Crippen LogP contribution in [0.4, 0.5) is 13.2 Å². The van der Waals surface area contributed by atoms with E-state index in [1.165, 1.54) is 5.48 Å². The van der Waals surface area contributed by atoms with E-state index in [0.29, 0.717) is 6.20 Å². The molecule has 0 saturated heterocycles. The molecule has 2 aromatic rings. The van der Waals surface area contributed by atoms with Gasteiger partial charge in [-0.3, -0.25) is 14.8 Å². The fourth-order valence-electron chi connectivity index (χ4n) is 2.56. The lowest BCUT2D eigenvalue weighted by atomic mass is 10.0. The van der Waals surface area contributed by atoms with Crippen LogP contribution in [0.25, 0.3) is 11.1 Å². The summed E-state index contributed by atoms with van der Waals surface area (Å²) in [5, 5.41) is 8.78. The zero-order valence-electron chi connectivity index (χ0n) is 14.9. The first kappa shape index (κ1) is 21.6. The molecule has 28 heavy (non-hydrogen) atoms. The Morgan fingerprint density at radius 3 is 2.43 bits per heavy atom. The van der Waals surface area contributed by atoms with Crippen LogP contribution in [-0.2, 0) is 21.2 Å². The predicted molar refractivity (Wildman–Crippen MR) is 93.8 cm³/mol. The Morgan fingerprint density at radius 2 is 1.86 bits per heavy atom. The number of pyridine rings is 1. The Balaban J connectivity index is 2.42. The molecule has 0 radical (unpaired) electrons. The number of hydrogen-bond donors (Lipinski definition) is 2. The molecule has 11 heteroatoms. The number of aromatic nitrogens is 1. The van der Waals surface area contributed by atoms with Crippen molar-refractivity contribution < 1.29 is 31.6 Å². The topological polar surface area (TPSA) is 105 Å². The van der Waals surface area contributed by atoms with Crippen LogP contribution in [0.3, 0.4) is 0 Å². The number of carbonyl (C=O) groups excluding carboxylic acids is 1. The van der Waals surface area contributed by atoms with Crippen molar-refractivity contribution in [1.82, 2.24) is 10.0 Å². The second kappa shape index (κ2) is 7.76. The molecular weight excluding hydrogens is 401 g/mol. The third-order valence-corrected chi connectivity index (χ3v) is 6.58. The lowest BCUT2D eigenvalue weighted by Crippen LogP contribution is -2.50. The second-order valence-corrected chi connectivity index (χ2v) is 8.81. The molecular formula is C17H17F3N2O5S. The van der Waals surface area contributed by atoms with Crippen molar-refractivity contribution in [2.45, 2.75) is 24.6 Å². The van der Waals surface area contributed by atoms with Crippen LogP contribution in [0, 0.1) is 17.5 Å². The number of hydroxylamine groups is 1. The first-order valence-electron chi connectivity index (χ1n) is 7.91. The monoisotopic (exact) mass is 418 g/mol. The van der Waals surface area contributed by atoms with E-state index in [9.17, 15) is 31.2 Å². The number of nitrogens with one attached hydrogen (secondary N) is 1. The molecule has 152 valence electrons. The van der Waals surface area contributed by atoms with E-state index in [1.54, 1.807) is 0 Å². The lowest BCUT2D eigenvalue weighted by Gasteiger charge is -2.25. The summed E-state index contributed by atoms with van der Waals surface area (Å²) in [6, 6.07) is 3.85. The quantitative estimate of drug-likeness (QED) is 0.548. The third-order valence-electron chi connectivity index (χ3n) is 4.55. The van der Waals surface area contributed by atoms with E-state index in [2.05, 4.69) is 0 Å². The number of rotatable bonds is 6. The van der Waals surface area contributed by atoms with Crippen molar-refractivity contribution in [2.24, 2.45) is 0 Å². The van der Waals surface area contributed by atoms with Gasteiger partial charge in [0.1, 0.15) is 5.82 Å². The maximum atomic E-state index is 14.4. The first-order valence-corrected chi connectivity index (χ1v) is 9.80. The van der Waals surface area contributed by atoms with E-state index < -0.39 is 67.6 Å². The number of carbonyl (C=O) groups is 1. The van der Waals surface area contributed by atoms with Crippen LogP contribution < -0.4 is 11.0 Å². The summed E-state index contributed by atoms with van der Waals surface area (Å²) < 4.78 is 64.2. The molecule has 0 aliphatic carbocycles. The minimum atomic E-state index is -4.00. The molecule has 1 heterocycles. The first-order chi connectivity index (χ1) is 12.9. The van der Waals surface area contributed by atoms with Gasteiger partial charge < -0.3 is 4.57 Å². The van der Waals surface area contributed by atoms with Crippen LogP contribution in [0.5, 0.6) is 0 Å². The maximum absolute atomic E-state index is 14.4. The van der Waals surface area contributed by atoms with Gasteiger partial charge >= 0.3 is 0 Å². The van der Waals surface area contributed by atoms with Gasteiger partial charge in [-0.1, -0.05) is 12.1 Å². The molecule has 0 fully saturated rings. The fourth-order valence-corrected chi connectivity index (χ4v) is 3.40. The summed E-state index contributed by atoms with van der Waals surface area (Å²) in [4.78, 5) is 24.0. The van der Waals surface area contributed by atoms with Gasteiger partial charge in [0.2, 0.25) is 0 Å². The molecule has 0 bridgehead atoms. The van der Waals surface area contributed by atoms with Crippen molar-refractivity contribution in [3.05, 3.63) is 58.3 Å². The van der Waals surface area contributed by atoms with Gasteiger partial charge in [0, 0.05) is 36.2 Å². The van der Waals surface area contributed by atoms with Gasteiger partial charge in [0.25, 0.3) is 11.5 Å². The SMILES string of the molecule is CC(CCn1cc(F)c(-c2cccc(F)c2F)cc1=O)(C(=O)NO)S(C)(=O)=O. The summed E-state index contributed by atoms with van der Waals surface area (Å²) in [6.07, 6.45) is 1.04. The predicted octanol–water partition coefficient (Wildman–Crippen LogP) is 1.63. The molecule has 1 unspecified atom stereocenters. The number of nitrogens with zero attached hydrogens (tertiary/aromatic N) is 1. The molecule has 0 aliphatic rings. The van der Waals surface area contributed by atoms with Gasteiger partial charge in [0.05, 0.1) is 0 Å². The molecule has 2 N–H and O–H groups in total. The average molecular weight is 418 g/mol. The van der Waals surface area contributed by atoms with Crippen LogP contribution in [0.2, 0.25) is 0 Å². The summed E-state index contributed by atoms with van der Waals surface area (Å²) in [6.45, 7) is 0.657. The highest BCUT2D eigenvalue weighted by atomic mass is 32.2. The van der Waals surface area contributed by atoms with Gasteiger partial charge in [-0.2, -0.15) is 0 Å². The standard InChI is InChI=1S/C17H17F3N2O5S/c1-17(16(24)21-25,28(2,26)27)6-7-22-9-13(19)11(8-14(22)23)10-4-3-5-12(18)15(10)20/h3-5,8-9,25H,6-7H2,1-2H3,(H,21,24). The van der Waals surface area contributed by atoms with Crippen molar-refractivity contribution in [3.63, 3.8) is 0 Å². The molecule has 7 nitrogen and oxygen atoms in total. The zero-order chi connectivity index (χ0) is 21.3. The Kier molecular flexibility index (Phi) is 6.00. The van der Waals surface area contributed by atoms with Gasteiger partial charge in [-0.05, 0) is 19.4 Å². The van der Waals surface area contributed by atoms with E-state index >= 15 is 0 Å². The van der Waals surface area contributed by atoms with E-state index in [4.69, 9.17) is 5.21 Å². The molecule has 1 atom stereocenters. The summed E-state index contributed by atoms with van der Waals surface area (Å²) in [5.74, 6) is -4.78. The van der Waals surface area contributed by atoms with E-state index in [1.807, 2.05) is 0 Å². The Bertz CT molecular complexity index is 1080. The number of hydrogen-bond acceptors (Lipinski definition) is 5. The highest BCUT2D eigenvalue weighted by Gasteiger charge is 2.43. The third kappa shape index (κ3) is 3.94. The molecule has 0 aliphatic heterocycles. The van der Waals surface area contributed by atoms with Gasteiger partial charge in [0.15, 0.2) is 26.2 Å². The van der Waals surface area contributed by atoms with Crippen LogP contribution in [0.1, 0.15) is 13.3 Å². The van der Waals surface area contributed by atoms with Crippen molar-refractivity contribution >= 4 is 15.7 Å². The molecule has 0 spiro atoms. The van der Waals surface area contributed by atoms with Gasteiger partial charge in [-0.15, -0.1) is 0 Å². The normalized spacial score (nSPS) is 13.8. The lowest BCUT2D eigenvalue weighted by molar-refractivity contribution is -0.131. The minimum Gasteiger partial charge on any atom is -0.312 e. The molecule has 0 saturated carbocycles. The summed E-state index contributed by atoms with van der Waals surface area (Å²) in [7, 11) is -4.00. The molecule has 1 aromatic heterocycles. The Hall–Kier alpha value is -2.66. The van der Waals surface area contributed by atoms with Crippen LogP contribution >= 0.6 is 0 Å². The van der Waals surface area contributed by atoms with Crippen LogP contribution in [0.15, 0.2) is 35.3 Å². The van der Waals surface area contributed by atoms with Gasteiger partial charge in [-0.25, -0.2) is 27.1 Å². The molecule has 2 rings (SSSR count). The Morgan fingerprint density at radius 1 is 1.21 bits per heavy atom. The van der Waals surface area contributed by atoms with Crippen LogP contribution in [-0.4, -0.2) is 35.1 Å². The highest BCUT2D eigenvalue weighted by Crippen LogP contribution is 2.26.